The summed E-state index contributed by atoms with van der Waals surface area (Å²) in [7, 11) is 0. The van der Waals surface area contributed by atoms with Crippen molar-refractivity contribution in [1.29, 1.82) is 0 Å². The minimum Gasteiger partial charge on any atom is -0.491 e. The molecule has 1 atom stereocenters. The summed E-state index contributed by atoms with van der Waals surface area (Å²) in [6.07, 6.45) is 1.70. The average Bonchev–Trinajstić information content (AvgIpc) is 3.13. The van der Waals surface area contributed by atoms with Crippen molar-refractivity contribution in [2.45, 2.75) is 26.1 Å². The number of aromatic nitrogens is 3. The molecule has 0 saturated carbocycles. The molecule has 2 aliphatic heterocycles. The summed E-state index contributed by atoms with van der Waals surface area (Å²) in [5, 5.41) is 11.0. The van der Waals surface area contributed by atoms with Gasteiger partial charge in [0.25, 0.3) is 0 Å². The normalized spacial score (nSPS) is 19.3. The zero-order valence-electron chi connectivity index (χ0n) is 12.3. The number of ether oxygens (including phenoxy) is 1. The van der Waals surface area contributed by atoms with Crippen LogP contribution in [-0.4, -0.2) is 38.8 Å². The maximum Gasteiger partial charge on any atom is 0.318 e. The van der Waals surface area contributed by atoms with E-state index in [-0.39, 0.29) is 12.1 Å². The minimum atomic E-state index is -0.0952. The van der Waals surface area contributed by atoms with Gasteiger partial charge in [-0.1, -0.05) is 17.7 Å². The number of fused-ring (bicyclic) bond motifs is 2. The highest BCUT2D eigenvalue weighted by Gasteiger charge is 2.29. The van der Waals surface area contributed by atoms with E-state index in [0.717, 1.165) is 29.2 Å². The number of carbonyl (C=O) groups is 1. The predicted octanol–water partition coefficient (Wildman–Crippen LogP) is 1.25. The highest BCUT2D eigenvalue weighted by molar-refractivity contribution is 5.75. The number of carbonyl (C=O) groups excluding carboxylic acids is 1. The van der Waals surface area contributed by atoms with Crippen molar-refractivity contribution in [2.24, 2.45) is 0 Å². The van der Waals surface area contributed by atoms with Crippen LogP contribution in [0.1, 0.15) is 23.0 Å². The molecule has 0 radical (unpaired) electrons. The van der Waals surface area contributed by atoms with E-state index in [4.69, 9.17) is 4.74 Å². The molecule has 1 N–H and O–H groups in total. The van der Waals surface area contributed by atoms with Gasteiger partial charge < -0.3 is 19.5 Å². The first-order chi connectivity index (χ1) is 10.7. The maximum absolute atomic E-state index is 12.5. The molecule has 0 spiro atoms. The third-order valence-electron chi connectivity index (χ3n) is 4.17. The monoisotopic (exact) mass is 299 g/mol. The number of hydrogen-bond donors (Lipinski definition) is 1. The fraction of sp³-hybridized carbons (Fsp3) is 0.400. The van der Waals surface area contributed by atoms with E-state index in [1.165, 1.54) is 0 Å². The molecular formula is C15H17N5O2. The Bertz CT molecular complexity index is 726. The van der Waals surface area contributed by atoms with Crippen LogP contribution in [0.4, 0.5) is 4.79 Å². The predicted molar refractivity (Wildman–Crippen MR) is 78.4 cm³/mol. The second-order valence-electron chi connectivity index (χ2n) is 5.72. The van der Waals surface area contributed by atoms with E-state index in [1.807, 2.05) is 23.6 Å². The summed E-state index contributed by atoms with van der Waals surface area (Å²) in [4.78, 5) is 14.2. The van der Waals surface area contributed by atoms with E-state index in [2.05, 4.69) is 21.6 Å². The molecule has 0 bridgehead atoms. The molecule has 1 unspecified atom stereocenters. The van der Waals surface area contributed by atoms with Gasteiger partial charge in [0.05, 0.1) is 12.6 Å². The molecule has 2 aromatic rings. The summed E-state index contributed by atoms with van der Waals surface area (Å²) >= 11 is 0. The van der Waals surface area contributed by atoms with Gasteiger partial charge in [0.1, 0.15) is 18.7 Å². The van der Waals surface area contributed by atoms with E-state index in [0.29, 0.717) is 19.7 Å². The van der Waals surface area contributed by atoms with Gasteiger partial charge in [0.15, 0.2) is 5.82 Å². The summed E-state index contributed by atoms with van der Waals surface area (Å²) in [6, 6.07) is 5.86. The number of hydrogen-bond acceptors (Lipinski definition) is 4. The van der Waals surface area contributed by atoms with Crippen molar-refractivity contribution in [3.63, 3.8) is 0 Å². The highest BCUT2D eigenvalue weighted by Crippen LogP contribution is 2.33. The molecule has 2 aliphatic rings. The standard InChI is InChI=1S/C15H17N5O2/c1-10-2-3-13-11(6-10)12(8-22-13)17-15(21)19-4-5-20-9-16-18-14(20)7-19/h2-3,6,9,12H,4-5,7-8H2,1H3,(H,17,21). The van der Waals surface area contributed by atoms with Crippen LogP contribution in [0, 0.1) is 6.92 Å². The average molecular weight is 299 g/mol. The Hall–Kier alpha value is -2.57. The zero-order valence-corrected chi connectivity index (χ0v) is 12.3. The lowest BCUT2D eigenvalue weighted by molar-refractivity contribution is 0.175. The Morgan fingerprint density at radius 1 is 1.41 bits per heavy atom. The van der Waals surface area contributed by atoms with Crippen LogP contribution < -0.4 is 10.1 Å². The molecule has 0 aliphatic carbocycles. The largest absolute Gasteiger partial charge is 0.491 e. The van der Waals surface area contributed by atoms with Crippen LogP contribution in [0.15, 0.2) is 24.5 Å². The Morgan fingerprint density at radius 3 is 3.23 bits per heavy atom. The Kier molecular flexibility index (Phi) is 2.99. The van der Waals surface area contributed by atoms with Crippen molar-refractivity contribution in [1.82, 2.24) is 25.0 Å². The molecule has 0 fully saturated rings. The molecule has 2 amide bonds. The zero-order chi connectivity index (χ0) is 15.1. The van der Waals surface area contributed by atoms with Gasteiger partial charge in [-0.25, -0.2) is 4.79 Å². The van der Waals surface area contributed by atoms with E-state index in [1.54, 1.807) is 11.2 Å². The Balaban J connectivity index is 1.47. The van der Waals surface area contributed by atoms with E-state index >= 15 is 0 Å². The third-order valence-corrected chi connectivity index (χ3v) is 4.17. The van der Waals surface area contributed by atoms with Crippen LogP contribution in [0.2, 0.25) is 0 Å². The highest BCUT2D eigenvalue weighted by atomic mass is 16.5. The fourth-order valence-corrected chi connectivity index (χ4v) is 2.93. The lowest BCUT2D eigenvalue weighted by Gasteiger charge is -2.28. The third kappa shape index (κ3) is 2.18. The number of benzene rings is 1. The molecule has 7 nitrogen and oxygen atoms in total. The topological polar surface area (TPSA) is 72.3 Å². The summed E-state index contributed by atoms with van der Waals surface area (Å²) < 4.78 is 7.61. The van der Waals surface area contributed by atoms with Crippen LogP contribution in [0.5, 0.6) is 5.75 Å². The lowest BCUT2D eigenvalue weighted by atomic mass is 10.1. The molecule has 114 valence electrons. The Labute approximate surface area is 127 Å². The molecule has 22 heavy (non-hydrogen) atoms. The number of rotatable bonds is 1. The molecule has 0 saturated heterocycles. The van der Waals surface area contributed by atoms with Gasteiger partial charge in [0, 0.05) is 18.7 Å². The van der Waals surface area contributed by atoms with Crippen molar-refractivity contribution < 1.29 is 9.53 Å². The second kappa shape index (κ2) is 5.01. The van der Waals surface area contributed by atoms with E-state index in [9.17, 15) is 4.79 Å². The fourth-order valence-electron chi connectivity index (χ4n) is 2.93. The number of nitrogens with one attached hydrogen (secondary N) is 1. The summed E-state index contributed by atoms with van der Waals surface area (Å²) in [5.41, 5.74) is 2.21. The smallest absolute Gasteiger partial charge is 0.318 e. The number of aryl methyl sites for hydroxylation is 1. The number of amides is 2. The van der Waals surface area contributed by atoms with Gasteiger partial charge in [-0.15, -0.1) is 10.2 Å². The van der Waals surface area contributed by atoms with Crippen LogP contribution in [-0.2, 0) is 13.1 Å². The number of nitrogens with zero attached hydrogens (tertiary/aromatic N) is 4. The molecule has 3 heterocycles. The molecule has 4 rings (SSSR count). The van der Waals surface area contributed by atoms with Crippen LogP contribution in [0.3, 0.4) is 0 Å². The summed E-state index contributed by atoms with van der Waals surface area (Å²) in [5.74, 6) is 1.68. The summed E-state index contributed by atoms with van der Waals surface area (Å²) in [6.45, 7) is 4.39. The van der Waals surface area contributed by atoms with Gasteiger partial charge in [0.2, 0.25) is 0 Å². The van der Waals surface area contributed by atoms with Crippen molar-refractivity contribution in [2.75, 3.05) is 13.2 Å². The first kappa shape index (κ1) is 13.1. The first-order valence-electron chi connectivity index (χ1n) is 7.36. The van der Waals surface area contributed by atoms with Crippen LogP contribution >= 0.6 is 0 Å². The lowest BCUT2D eigenvalue weighted by Crippen LogP contribution is -2.45. The molecular weight excluding hydrogens is 282 g/mol. The first-order valence-corrected chi connectivity index (χ1v) is 7.36. The molecule has 1 aromatic carbocycles. The Morgan fingerprint density at radius 2 is 2.32 bits per heavy atom. The quantitative estimate of drug-likeness (QED) is 0.860. The maximum atomic E-state index is 12.5. The van der Waals surface area contributed by atoms with Gasteiger partial charge in [-0.05, 0) is 13.0 Å². The van der Waals surface area contributed by atoms with Gasteiger partial charge in [-0.3, -0.25) is 0 Å². The van der Waals surface area contributed by atoms with Gasteiger partial charge in [-0.2, -0.15) is 0 Å². The van der Waals surface area contributed by atoms with Crippen LogP contribution in [0.25, 0.3) is 0 Å². The number of urea groups is 1. The molecule has 7 heteroatoms. The van der Waals surface area contributed by atoms with Crippen molar-refractivity contribution >= 4 is 6.03 Å². The van der Waals surface area contributed by atoms with Crippen molar-refractivity contribution in [3.8, 4) is 5.75 Å². The van der Waals surface area contributed by atoms with Crippen molar-refractivity contribution in [3.05, 3.63) is 41.5 Å². The van der Waals surface area contributed by atoms with E-state index < -0.39 is 0 Å². The second-order valence-corrected chi connectivity index (χ2v) is 5.72. The molecule has 1 aromatic heterocycles. The SMILES string of the molecule is Cc1ccc2c(c1)C(NC(=O)N1CCn3cnnc3C1)CO2. The van der Waals surface area contributed by atoms with Gasteiger partial charge >= 0.3 is 6.03 Å². The minimum absolute atomic E-state index is 0.0859.